The highest BCUT2D eigenvalue weighted by Gasteiger charge is 2.01. The van der Waals surface area contributed by atoms with Gasteiger partial charge in [0.25, 0.3) is 0 Å². The van der Waals surface area contributed by atoms with Crippen molar-refractivity contribution in [2.75, 3.05) is 0 Å². The molecule has 0 aliphatic heterocycles. The summed E-state index contributed by atoms with van der Waals surface area (Å²) in [5.74, 6) is 1.30. The van der Waals surface area contributed by atoms with E-state index in [2.05, 4.69) is 10.3 Å². The molecule has 1 heterocycles. The van der Waals surface area contributed by atoms with E-state index in [9.17, 15) is 4.79 Å². The van der Waals surface area contributed by atoms with Gasteiger partial charge in [-0.2, -0.15) is 0 Å². The monoisotopic (exact) mass is 256 g/mol. The third kappa shape index (κ3) is 4.10. The molecule has 1 N–H and O–H groups in total. The number of ether oxygens (including phenoxy) is 1. The van der Waals surface area contributed by atoms with E-state index in [0.29, 0.717) is 24.6 Å². The maximum atomic E-state index is 11.2. The molecule has 1 amide bonds. The summed E-state index contributed by atoms with van der Waals surface area (Å²) < 4.78 is 5.63. The number of rotatable bonds is 5. The first-order valence-corrected chi connectivity index (χ1v) is 6.22. The van der Waals surface area contributed by atoms with Crippen molar-refractivity contribution < 1.29 is 9.53 Å². The molecular formula is C15H16N2O2. The minimum Gasteiger partial charge on any atom is -0.439 e. The summed E-state index contributed by atoms with van der Waals surface area (Å²) in [6.45, 7) is 2.34. The SMILES string of the molecule is CCC(=O)NCc1cccc(Oc2ccccn2)c1. The van der Waals surface area contributed by atoms with E-state index in [1.54, 1.807) is 12.3 Å². The average molecular weight is 256 g/mol. The zero-order chi connectivity index (χ0) is 13.5. The average Bonchev–Trinajstić information content (AvgIpc) is 2.46. The first-order valence-electron chi connectivity index (χ1n) is 6.22. The van der Waals surface area contributed by atoms with Crippen LogP contribution in [0.3, 0.4) is 0 Å². The lowest BCUT2D eigenvalue weighted by atomic mass is 10.2. The smallest absolute Gasteiger partial charge is 0.219 e. The lowest BCUT2D eigenvalue weighted by molar-refractivity contribution is -0.120. The van der Waals surface area contributed by atoms with E-state index in [1.165, 1.54) is 0 Å². The van der Waals surface area contributed by atoms with Crippen LogP contribution in [0.1, 0.15) is 18.9 Å². The van der Waals surface area contributed by atoms with Crippen molar-refractivity contribution in [1.82, 2.24) is 10.3 Å². The minimum atomic E-state index is 0.0380. The summed E-state index contributed by atoms with van der Waals surface area (Å²) in [4.78, 5) is 15.3. The first-order chi connectivity index (χ1) is 9.28. The Morgan fingerprint density at radius 3 is 2.89 bits per heavy atom. The molecule has 0 saturated carbocycles. The van der Waals surface area contributed by atoms with E-state index in [4.69, 9.17) is 4.74 Å². The molecule has 0 spiro atoms. The van der Waals surface area contributed by atoms with Crippen LogP contribution >= 0.6 is 0 Å². The van der Waals surface area contributed by atoms with Crippen LogP contribution in [0, 0.1) is 0 Å². The van der Waals surface area contributed by atoms with E-state index >= 15 is 0 Å². The van der Waals surface area contributed by atoms with Crippen LogP contribution in [0.25, 0.3) is 0 Å². The molecule has 0 atom stereocenters. The minimum absolute atomic E-state index is 0.0380. The van der Waals surface area contributed by atoms with Gasteiger partial charge < -0.3 is 10.1 Å². The fraction of sp³-hybridized carbons (Fsp3) is 0.200. The maximum Gasteiger partial charge on any atom is 0.219 e. The molecule has 1 aromatic carbocycles. The highest BCUT2D eigenvalue weighted by Crippen LogP contribution is 2.19. The maximum absolute atomic E-state index is 11.2. The molecule has 0 unspecified atom stereocenters. The van der Waals surface area contributed by atoms with Gasteiger partial charge in [0.05, 0.1) is 0 Å². The zero-order valence-corrected chi connectivity index (χ0v) is 10.8. The Kier molecular flexibility index (Phi) is 4.50. The van der Waals surface area contributed by atoms with Crippen LogP contribution in [0.4, 0.5) is 0 Å². The number of hydrogen-bond donors (Lipinski definition) is 1. The van der Waals surface area contributed by atoms with Gasteiger partial charge in [0, 0.05) is 25.2 Å². The van der Waals surface area contributed by atoms with Crippen molar-refractivity contribution >= 4 is 5.91 Å². The van der Waals surface area contributed by atoms with Gasteiger partial charge in [0.2, 0.25) is 11.8 Å². The summed E-state index contributed by atoms with van der Waals surface area (Å²) in [6, 6.07) is 13.1. The molecular weight excluding hydrogens is 240 g/mol. The Morgan fingerprint density at radius 1 is 1.26 bits per heavy atom. The lowest BCUT2D eigenvalue weighted by Gasteiger charge is -2.07. The zero-order valence-electron chi connectivity index (χ0n) is 10.8. The van der Waals surface area contributed by atoms with Crippen LogP contribution in [0.15, 0.2) is 48.7 Å². The number of pyridine rings is 1. The summed E-state index contributed by atoms with van der Waals surface area (Å²) in [7, 11) is 0. The Morgan fingerprint density at radius 2 is 2.16 bits per heavy atom. The molecule has 2 aromatic rings. The highest BCUT2D eigenvalue weighted by atomic mass is 16.5. The summed E-state index contributed by atoms with van der Waals surface area (Å²) >= 11 is 0. The number of aromatic nitrogens is 1. The van der Waals surface area contributed by atoms with Gasteiger partial charge >= 0.3 is 0 Å². The summed E-state index contributed by atoms with van der Waals surface area (Å²) in [5, 5.41) is 2.83. The predicted octanol–water partition coefficient (Wildman–Crippen LogP) is 2.90. The second-order valence-corrected chi connectivity index (χ2v) is 4.05. The number of nitrogens with zero attached hydrogens (tertiary/aromatic N) is 1. The molecule has 0 bridgehead atoms. The second kappa shape index (κ2) is 6.54. The first kappa shape index (κ1) is 13.1. The van der Waals surface area contributed by atoms with Crippen LogP contribution in [-0.4, -0.2) is 10.9 Å². The normalized spacial score (nSPS) is 9.95. The number of carbonyl (C=O) groups excluding carboxylic acids is 1. The fourth-order valence-electron chi connectivity index (χ4n) is 1.57. The van der Waals surface area contributed by atoms with E-state index in [-0.39, 0.29) is 5.91 Å². The highest BCUT2D eigenvalue weighted by molar-refractivity contribution is 5.75. The van der Waals surface area contributed by atoms with Crippen molar-refractivity contribution in [3.8, 4) is 11.6 Å². The van der Waals surface area contributed by atoms with E-state index in [0.717, 1.165) is 5.56 Å². The summed E-state index contributed by atoms with van der Waals surface area (Å²) in [5.41, 5.74) is 0.996. The summed E-state index contributed by atoms with van der Waals surface area (Å²) in [6.07, 6.45) is 2.17. The molecule has 98 valence electrons. The van der Waals surface area contributed by atoms with Crippen molar-refractivity contribution in [3.05, 3.63) is 54.2 Å². The van der Waals surface area contributed by atoms with E-state index < -0.39 is 0 Å². The van der Waals surface area contributed by atoms with Crippen LogP contribution in [-0.2, 0) is 11.3 Å². The van der Waals surface area contributed by atoms with Crippen LogP contribution in [0.2, 0.25) is 0 Å². The molecule has 0 aliphatic carbocycles. The van der Waals surface area contributed by atoms with Gasteiger partial charge in [-0.3, -0.25) is 4.79 Å². The topological polar surface area (TPSA) is 51.2 Å². The molecule has 1 aromatic heterocycles. The van der Waals surface area contributed by atoms with Crippen LogP contribution < -0.4 is 10.1 Å². The van der Waals surface area contributed by atoms with E-state index in [1.807, 2.05) is 43.3 Å². The molecule has 0 radical (unpaired) electrons. The number of hydrogen-bond acceptors (Lipinski definition) is 3. The number of amides is 1. The largest absolute Gasteiger partial charge is 0.439 e. The Labute approximate surface area is 112 Å². The van der Waals surface area contributed by atoms with Gasteiger partial charge in [0.15, 0.2) is 0 Å². The van der Waals surface area contributed by atoms with Crippen molar-refractivity contribution in [2.45, 2.75) is 19.9 Å². The van der Waals surface area contributed by atoms with Gasteiger partial charge in [0.1, 0.15) is 5.75 Å². The standard InChI is InChI=1S/C15H16N2O2/c1-2-14(18)17-11-12-6-5-7-13(10-12)19-15-8-3-4-9-16-15/h3-10H,2,11H2,1H3,(H,17,18). The molecule has 4 heteroatoms. The molecule has 4 nitrogen and oxygen atoms in total. The quantitative estimate of drug-likeness (QED) is 0.894. The number of nitrogens with one attached hydrogen (secondary N) is 1. The van der Waals surface area contributed by atoms with Gasteiger partial charge in [-0.05, 0) is 23.8 Å². The molecule has 0 saturated heterocycles. The van der Waals surface area contributed by atoms with Gasteiger partial charge in [-0.15, -0.1) is 0 Å². The lowest BCUT2D eigenvalue weighted by Crippen LogP contribution is -2.21. The number of benzene rings is 1. The third-order valence-corrected chi connectivity index (χ3v) is 2.57. The van der Waals surface area contributed by atoms with Crippen molar-refractivity contribution in [1.29, 1.82) is 0 Å². The van der Waals surface area contributed by atoms with Crippen molar-refractivity contribution in [3.63, 3.8) is 0 Å². The second-order valence-electron chi connectivity index (χ2n) is 4.05. The predicted molar refractivity (Wildman–Crippen MR) is 72.9 cm³/mol. The molecule has 19 heavy (non-hydrogen) atoms. The van der Waals surface area contributed by atoms with Crippen LogP contribution in [0.5, 0.6) is 11.6 Å². The van der Waals surface area contributed by atoms with Gasteiger partial charge in [-0.25, -0.2) is 4.98 Å². The van der Waals surface area contributed by atoms with Crippen molar-refractivity contribution in [2.24, 2.45) is 0 Å². The molecule has 0 aliphatic rings. The Hall–Kier alpha value is -2.36. The van der Waals surface area contributed by atoms with Gasteiger partial charge in [-0.1, -0.05) is 25.1 Å². The Balaban J connectivity index is 2.01. The Bertz CT molecular complexity index is 541. The third-order valence-electron chi connectivity index (χ3n) is 2.57. The molecule has 0 fully saturated rings. The molecule has 2 rings (SSSR count). The number of carbonyl (C=O) groups is 1. The fourth-order valence-corrected chi connectivity index (χ4v) is 1.57.